The highest BCUT2D eigenvalue weighted by atomic mass is 32.2. The average molecular weight is 280 g/mol. The molecule has 0 atom stereocenters. The quantitative estimate of drug-likeness (QED) is 0.822. The maximum atomic E-state index is 12.0. The van der Waals surface area contributed by atoms with Crippen LogP contribution in [0.5, 0.6) is 5.75 Å². The summed E-state index contributed by atoms with van der Waals surface area (Å²) >= 11 is 0. The highest BCUT2D eigenvalue weighted by molar-refractivity contribution is 7.95. The number of nitrogens with one attached hydrogen (secondary N) is 1. The molecule has 2 aliphatic rings. The number of piperazine rings is 1. The predicted molar refractivity (Wildman–Crippen MR) is 72.6 cm³/mol. The van der Waals surface area contributed by atoms with Crippen LogP contribution in [0.25, 0.3) is 5.57 Å². The summed E-state index contributed by atoms with van der Waals surface area (Å²) in [7, 11) is -3.34. The minimum Gasteiger partial charge on any atom is -0.508 e. The monoisotopic (exact) mass is 280 g/mol. The van der Waals surface area contributed by atoms with E-state index in [1.807, 2.05) is 0 Å². The molecule has 0 aromatic heterocycles. The summed E-state index contributed by atoms with van der Waals surface area (Å²) < 4.78 is 24.1. The minimum atomic E-state index is -3.34. The molecular formula is C13H16N2O3S. The summed E-state index contributed by atoms with van der Waals surface area (Å²) in [6.45, 7) is 4.27. The number of hydrogen-bond acceptors (Lipinski definition) is 5. The Morgan fingerprint density at radius 2 is 2.00 bits per heavy atom. The van der Waals surface area contributed by atoms with Gasteiger partial charge in [-0.3, -0.25) is 4.90 Å². The molecular weight excluding hydrogens is 264 g/mol. The molecule has 0 radical (unpaired) electrons. The maximum Gasteiger partial charge on any atom is 0.200 e. The highest BCUT2D eigenvalue weighted by Gasteiger charge is 2.28. The fourth-order valence-corrected chi connectivity index (χ4v) is 4.02. The van der Waals surface area contributed by atoms with Gasteiger partial charge in [0.1, 0.15) is 5.75 Å². The molecule has 1 aromatic rings. The fourth-order valence-electron chi connectivity index (χ4n) is 2.56. The van der Waals surface area contributed by atoms with Gasteiger partial charge in [0, 0.05) is 43.7 Å². The van der Waals surface area contributed by atoms with Crippen molar-refractivity contribution in [1.82, 2.24) is 10.2 Å². The van der Waals surface area contributed by atoms with E-state index < -0.39 is 9.84 Å². The van der Waals surface area contributed by atoms with E-state index in [-0.39, 0.29) is 5.75 Å². The van der Waals surface area contributed by atoms with Crippen molar-refractivity contribution in [2.24, 2.45) is 0 Å². The van der Waals surface area contributed by atoms with E-state index in [1.54, 1.807) is 0 Å². The molecule has 0 spiro atoms. The third-order valence-corrected chi connectivity index (χ3v) is 5.08. The first-order chi connectivity index (χ1) is 9.06. The molecule has 0 unspecified atom stereocenters. The summed E-state index contributed by atoms with van der Waals surface area (Å²) in [6.07, 6.45) is 0. The number of hydrogen-bond donors (Lipinski definition) is 2. The fraction of sp³-hybridized carbons (Fsp3) is 0.385. The van der Waals surface area contributed by atoms with Crippen LogP contribution >= 0.6 is 0 Å². The van der Waals surface area contributed by atoms with Crippen LogP contribution in [0.3, 0.4) is 0 Å². The first kappa shape index (κ1) is 12.7. The Hall–Kier alpha value is -1.37. The highest BCUT2D eigenvalue weighted by Crippen LogP contribution is 2.35. The van der Waals surface area contributed by atoms with Crippen LogP contribution in [0.4, 0.5) is 0 Å². The molecule has 1 fully saturated rings. The van der Waals surface area contributed by atoms with Crippen molar-refractivity contribution in [3.05, 3.63) is 29.2 Å². The van der Waals surface area contributed by atoms with Crippen molar-refractivity contribution in [3.8, 4) is 5.75 Å². The van der Waals surface area contributed by atoms with Crippen molar-refractivity contribution in [3.63, 3.8) is 0 Å². The second-order valence-electron chi connectivity index (χ2n) is 4.89. The normalized spacial score (nSPS) is 22.0. The van der Waals surface area contributed by atoms with Gasteiger partial charge in [0.25, 0.3) is 0 Å². The zero-order chi connectivity index (χ0) is 13.5. The second kappa shape index (κ2) is 4.63. The summed E-state index contributed by atoms with van der Waals surface area (Å²) in [5.74, 6) is 0.0991. The first-order valence-corrected chi connectivity index (χ1v) is 7.83. The molecule has 0 bridgehead atoms. The number of nitrogens with zero attached hydrogens (tertiary/aromatic N) is 1. The maximum absolute atomic E-state index is 12.0. The molecule has 0 amide bonds. The Bertz CT molecular complexity index is 631. The van der Waals surface area contributed by atoms with Gasteiger partial charge in [-0.1, -0.05) is 0 Å². The number of phenols is 1. The van der Waals surface area contributed by atoms with Crippen molar-refractivity contribution >= 4 is 15.4 Å². The lowest BCUT2D eigenvalue weighted by atomic mass is 10.1. The van der Waals surface area contributed by atoms with E-state index >= 15 is 0 Å². The van der Waals surface area contributed by atoms with Gasteiger partial charge in [-0.15, -0.1) is 0 Å². The molecule has 1 saturated heterocycles. The van der Waals surface area contributed by atoms with Gasteiger partial charge < -0.3 is 10.4 Å². The van der Waals surface area contributed by atoms with E-state index in [1.165, 1.54) is 23.6 Å². The third kappa shape index (κ3) is 2.39. The summed E-state index contributed by atoms with van der Waals surface area (Å²) in [6, 6.07) is 4.42. The molecule has 102 valence electrons. The first-order valence-electron chi connectivity index (χ1n) is 6.28. The standard InChI is InChI=1S/C13H16N2O3S/c16-11-1-2-13-12(7-11)10(9-19(13,17)18)8-15-5-3-14-4-6-15/h1-2,7,9,14,16H,3-6,8H2. The Morgan fingerprint density at radius 3 is 2.74 bits per heavy atom. The van der Waals surface area contributed by atoms with E-state index in [0.29, 0.717) is 17.0 Å². The third-order valence-electron chi connectivity index (χ3n) is 3.52. The minimum absolute atomic E-state index is 0.0991. The lowest BCUT2D eigenvalue weighted by Gasteiger charge is -2.27. The number of phenolic OH excluding ortho intramolecular Hbond substituents is 1. The van der Waals surface area contributed by atoms with Crippen LogP contribution < -0.4 is 5.32 Å². The number of fused-ring (bicyclic) bond motifs is 1. The van der Waals surface area contributed by atoms with Gasteiger partial charge in [0.15, 0.2) is 0 Å². The Labute approximate surface area is 112 Å². The zero-order valence-electron chi connectivity index (χ0n) is 10.5. The van der Waals surface area contributed by atoms with Crippen LogP contribution in [0.2, 0.25) is 0 Å². The van der Waals surface area contributed by atoms with Gasteiger partial charge in [-0.25, -0.2) is 8.42 Å². The van der Waals surface area contributed by atoms with Crippen molar-refractivity contribution in [2.45, 2.75) is 4.90 Å². The van der Waals surface area contributed by atoms with E-state index in [2.05, 4.69) is 10.2 Å². The largest absolute Gasteiger partial charge is 0.508 e. The van der Waals surface area contributed by atoms with Gasteiger partial charge in [-0.05, 0) is 23.8 Å². The second-order valence-corrected chi connectivity index (χ2v) is 6.66. The summed E-state index contributed by atoms with van der Waals surface area (Å²) in [4.78, 5) is 2.52. The van der Waals surface area contributed by atoms with Crippen LogP contribution in [0, 0.1) is 0 Å². The van der Waals surface area contributed by atoms with Crippen molar-refractivity contribution < 1.29 is 13.5 Å². The van der Waals surface area contributed by atoms with Crippen LogP contribution in [0.15, 0.2) is 28.5 Å². The number of sulfone groups is 1. The average Bonchev–Trinajstić information content (AvgIpc) is 2.62. The summed E-state index contributed by atoms with van der Waals surface area (Å²) in [5, 5.41) is 14.1. The Morgan fingerprint density at radius 1 is 1.26 bits per heavy atom. The molecule has 19 heavy (non-hydrogen) atoms. The van der Waals surface area contributed by atoms with Crippen molar-refractivity contribution in [2.75, 3.05) is 32.7 Å². The Kier molecular flexibility index (Phi) is 3.08. The lowest BCUT2D eigenvalue weighted by Crippen LogP contribution is -2.43. The van der Waals surface area contributed by atoms with E-state index in [4.69, 9.17) is 0 Å². The van der Waals surface area contributed by atoms with Crippen molar-refractivity contribution in [1.29, 1.82) is 0 Å². The molecule has 6 heteroatoms. The predicted octanol–water partition coefficient (Wildman–Crippen LogP) is 0.426. The molecule has 2 heterocycles. The summed E-state index contributed by atoms with van der Waals surface area (Å²) in [5.41, 5.74) is 1.41. The SMILES string of the molecule is O=S1(=O)C=C(CN2CCNCC2)c2cc(O)ccc21. The molecule has 2 aliphatic heterocycles. The van der Waals surface area contributed by atoms with E-state index in [0.717, 1.165) is 31.8 Å². The van der Waals surface area contributed by atoms with Gasteiger partial charge in [0.2, 0.25) is 9.84 Å². The van der Waals surface area contributed by atoms with Crippen LogP contribution in [-0.2, 0) is 9.84 Å². The molecule has 3 rings (SSSR count). The molecule has 0 aliphatic carbocycles. The number of aromatic hydroxyl groups is 1. The van der Waals surface area contributed by atoms with Crippen LogP contribution in [0.1, 0.15) is 5.56 Å². The lowest BCUT2D eigenvalue weighted by molar-refractivity contribution is 0.268. The van der Waals surface area contributed by atoms with E-state index in [9.17, 15) is 13.5 Å². The topological polar surface area (TPSA) is 69.6 Å². The van der Waals surface area contributed by atoms with Crippen LogP contribution in [-0.4, -0.2) is 51.1 Å². The smallest absolute Gasteiger partial charge is 0.200 e. The number of rotatable bonds is 2. The van der Waals surface area contributed by atoms with Gasteiger partial charge in [-0.2, -0.15) is 0 Å². The molecule has 1 aromatic carbocycles. The molecule has 0 saturated carbocycles. The van der Waals surface area contributed by atoms with Gasteiger partial charge >= 0.3 is 0 Å². The number of benzene rings is 1. The molecule has 5 nitrogen and oxygen atoms in total. The van der Waals surface area contributed by atoms with Gasteiger partial charge in [0.05, 0.1) is 4.90 Å². The zero-order valence-corrected chi connectivity index (χ0v) is 11.3. The molecule has 2 N–H and O–H groups in total. The Balaban J connectivity index is 1.93.